The summed E-state index contributed by atoms with van der Waals surface area (Å²) in [5.41, 5.74) is 8.39. The second-order valence-electron chi connectivity index (χ2n) is 9.62. The normalized spacial score (nSPS) is 21.8. The summed E-state index contributed by atoms with van der Waals surface area (Å²) in [6.07, 6.45) is -1.57. The second kappa shape index (κ2) is 13.1. The van der Waals surface area contributed by atoms with E-state index in [0.29, 0.717) is 6.42 Å². The van der Waals surface area contributed by atoms with Crippen LogP contribution in [-0.4, -0.2) is 64.0 Å². The van der Waals surface area contributed by atoms with Crippen LogP contribution in [0.4, 0.5) is 0 Å². The first-order valence-corrected chi connectivity index (χ1v) is 12.9. The molecule has 1 aromatic heterocycles. The van der Waals surface area contributed by atoms with Gasteiger partial charge < -0.3 is 30.4 Å². The van der Waals surface area contributed by atoms with E-state index in [1.807, 2.05) is 6.07 Å². The molecule has 2 aromatic carbocycles. The Morgan fingerprint density at radius 3 is 2.65 bits per heavy atom. The van der Waals surface area contributed by atoms with E-state index in [2.05, 4.69) is 65.2 Å². The molecule has 200 valence electrons. The number of aromatic nitrogens is 1. The van der Waals surface area contributed by atoms with Crippen LogP contribution < -0.4 is 10.8 Å². The van der Waals surface area contributed by atoms with Crippen LogP contribution in [0.15, 0.2) is 48.5 Å². The molecule has 0 saturated carbocycles. The Balaban J connectivity index is 1.12. The Bertz CT molecular complexity index is 1150. The maximum absolute atomic E-state index is 12.1. The van der Waals surface area contributed by atoms with Gasteiger partial charge in [0.05, 0.1) is 18.8 Å². The molecule has 37 heavy (non-hydrogen) atoms. The first kappa shape index (κ1) is 27.3. The fourth-order valence-corrected chi connectivity index (χ4v) is 4.69. The van der Waals surface area contributed by atoms with Crippen LogP contribution in [-0.2, 0) is 33.8 Å². The zero-order valence-corrected chi connectivity index (χ0v) is 21.2. The zero-order chi connectivity index (χ0) is 26.2. The molecular formula is C28H37N3O6. The van der Waals surface area contributed by atoms with Crippen molar-refractivity contribution in [3.8, 4) is 0 Å². The fraction of sp³-hybridized carbons (Fsp3) is 0.464. The summed E-state index contributed by atoms with van der Waals surface area (Å²) in [6.45, 7) is 3.50. The number of H-pyrrole nitrogens is 1. The number of aliphatic hydroxyl groups excluding tert-OH is 3. The number of para-hydroxylation sites is 1. The summed E-state index contributed by atoms with van der Waals surface area (Å²) in [5.74, 6) is -0.345. The first-order valence-electron chi connectivity index (χ1n) is 12.9. The van der Waals surface area contributed by atoms with E-state index in [9.17, 15) is 20.1 Å². The van der Waals surface area contributed by atoms with Crippen molar-refractivity contribution in [3.05, 3.63) is 70.9 Å². The molecule has 1 amide bonds. The number of fused-ring (bicyclic) bond motifs is 1. The lowest BCUT2D eigenvalue weighted by Gasteiger charge is -2.35. The summed E-state index contributed by atoms with van der Waals surface area (Å²) < 4.78 is 5.33. The van der Waals surface area contributed by atoms with Crippen LogP contribution in [0.1, 0.15) is 41.6 Å². The summed E-state index contributed by atoms with van der Waals surface area (Å²) in [7, 11) is 0. The molecule has 4 atom stereocenters. The number of hydrogen-bond acceptors (Lipinski definition) is 7. The number of aromatic amines is 1. The van der Waals surface area contributed by atoms with Crippen molar-refractivity contribution < 1.29 is 29.7 Å². The number of rotatable bonds is 12. The molecule has 9 nitrogen and oxygen atoms in total. The van der Waals surface area contributed by atoms with Gasteiger partial charge in [0.25, 0.3) is 0 Å². The van der Waals surface area contributed by atoms with Gasteiger partial charge in [-0.1, -0.05) is 42.5 Å². The molecule has 2 heterocycles. The number of amides is 1. The van der Waals surface area contributed by atoms with Crippen LogP contribution in [0.3, 0.4) is 0 Å². The second-order valence-corrected chi connectivity index (χ2v) is 9.62. The molecule has 4 rings (SSSR count). The van der Waals surface area contributed by atoms with E-state index in [4.69, 9.17) is 9.57 Å². The van der Waals surface area contributed by atoms with Gasteiger partial charge in [-0.15, -0.1) is 0 Å². The lowest BCUT2D eigenvalue weighted by Crippen LogP contribution is -2.52. The highest BCUT2D eigenvalue weighted by Crippen LogP contribution is 2.22. The summed E-state index contributed by atoms with van der Waals surface area (Å²) in [6, 6.07) is 16.8. The van der Waals surface area contributed by atoms with Crippen molar-refractivity contribution in [1.29, 1.82) is 0 Å². The van der Waals surface area contributed by atoms with Crippen molar-refractivity contribution in [1.82, 2.24) is 15.8 Å². The predicted octanol–water partition coefficient (Wildman–Crippen LogP) is 2.01. The Morgan fingerprint density at radius 2 is 1.86 bits per heavy atom. The van der Waals surface area contributed by atoms with E-state index in [1.54, 1.807) is 0 Å². The Labute approximate surface area is 216 Å². The van der Waals surface area contributed by atoms with Gasteiger partial charge in [-0.05, 0) is 55.5 Å². The lowest BCUT2D eigenvalue weighted by molar-refractivity contribution is -0.287. The molecule has 1 fully saturated rings. The van der Waals surface area contributed by atoms with Gasteiger partial charge in [0.15, 0.2) is 0 Å². The summed E-state index contributed by atoms with van der Waals surface area (Å²) in [4.78, 5) is 20.7. The minimum absolute atomic E-state index is 0.102. The van der Waals surface area contributed by atoms with Crippen molar-refractivity contribution >= 4 is 16.8 Å². The SMILES string of the molecule is Cc1[nH]c2ccccc2c1CCNCc1ccc(CCCC(=O)NO[C@@H]2O[C@H](CO)C[C@H](O)[C@H]2O)cc1. The molecule has 9 heteroatoms. The van der Waals surface area contributed by atoms with Crippen molar-refractivity contribution in [2.75, 3.05) is 13.2 Å². The van der Waals surface area contributed by atoms with Crippen molar-refractivity contribution in [3.63, 3.8) is 0 Å². The molecule has 0 radical (unpaired) electrons. The van der Waals surface area contributed by atoms with Crippen molar-refractivity contribution in [2.45, 2.75) is 70.2 Å². The summed E-state index contributed by atoms with van der Waals surface area (Å²) >= 11 is 0. The highest BCUT2D eigenvalue weighted by atomic mass is 16.8. The van der Waals surface area contributed by atoms with Gasteiger partial charge in [-0.25, -0.2) is 10.3 Å². The fourth-order valence-electron chi connectivity index (χ4n) is 4.69. The maximum Gasteiger partial charge on any atom is 0.243 e. The molecule has 1 saturated heterocycles. The van der Waals surface area contributed by atoms with Gasteiger partial charge in [0.2, 0.25) is 12.2 Å². The van der Waals surface area contributed by atoms with E-state index in [1.165, 1.54) is 27.7 Å². The topological polar surface area (TPSA) is 136 Å². The van der Waals surface area contributed by atoms with Gasteiger partial charge in [-0.2, -0.15) is 0 Å². The molecule has 0 aliphatic carbocycles. The van der Waals surface area contributed by atoms with Crippen molar-refractivity contribution in [2.24, 2.45) is 0 Å². The maximum atomic E-state index is 12.1. The number of aliphatic hydroxyl groups is 3. The molecule has 3 aromatic rings. The highest BCUT2D eigenvalue weighted by molar-refractivity contribution is 5.84. The standard InChI is InChI=1S/C28H37N3O6/c1-18-22(23-6-2-3-7-24(23)30-18)13-14-29-16-20-11-9-19(10-12-20)5-4-8-26(34)31-37-28-27(35)25(33)15-21(17-32)36-28/h2-3,6-7,9-12,21,25,27-30,32-33,35H,4-5,8,13-17H2,1H3,(H,31,34)/t21-,25-,27+,28-/m0/s1. The number of ether oxygens (including phenoxy) is 1. The number of nitrogens with one attached hydrogen (secondary N) is 3. The van der Waals surface area contributed by atoms with Crippen LogP contribution in [0.2, 0.25) is 0 Å². The number of aryl methyl sites for hydroxylation is 2. The molecule has 1 aliphatic rings. The van der Waals surface area contributed by atoms with E-state index in [0.717, 1.165) is 31.5 Å². The Hall–Kier alpha value is -2.79. The van der Waals surface area contributed by atoms with Gasteiger partial charge in [0.1, 0.15) is 6.10 Å². The number of hydrogen-bond donors (Lipinski definition) is 6. The first-order chi connectivity index (χ1) is 17.9. The summed E-state index contributed by atoms with van der Waals surface area (Å²) in [5, 5.41) is 33.8. The van der Waals surface area contributed by atoms with E-state index in [-0.39, 0.29) is 25.4 Å². The molecule has 0 bridgehead atoms. The van der Waals surface area contributed by atoms with Gasteiger partial charge in [0, 0.05) is 36.0 Å². The average molecular weight is 512 g/mol. The van der Waals surface area contributed by atoms with Crippen LogP contribution in [0, 0.1) is 6.92 Å². The third-order valence-corrected chi connectivity index (χ3v) is 6.80. The van der Waals surface area contributed by atoms with E-state index >= 15 is 0 Å². The van der Waals surface area contributed by atoms with Gasteiger partial charge in [-0.3, -0.25) is 4.79 Å². The predicted molar refractivity (Wildman–Crippen MR) is 139 cm³/mol. The molecule has 6 N–H and O–H groups in total. The third-order valence-electron chi connectivity index (χ3n) is 6.80. The largest absolute Gasteiger partial charge is 0.394 e. The molecule has 0 unspecified atom stereocenters. The average Bonchev–Trinajstić information content (AvgIpc) is 3.23. The lowest BCUT2D eigenvalue weighted by atomic mass is 10.0. The molecule has 0 spiro atoms. The number of carbonyl (C=O) groups excluding carboxylic acids is 1. The Kier molecular flexibility index (Phi) is 9.68. The Morgan fingerprint density at radius 1 is 1.11 bits per heavy atom. The minimum atomic E-state index is -1.30. The number of carbonyl (C=O) groups is 1. The number of benzene rings is 2. The van der Waals surface area contributed by atoms with Crippen LogP contribution >= 0.6 is 0 Å². The quantitative estimate of drug-likeness (QED) is 0.162. The monoisotopic (exact) mass is 511 g/mol. The highest BCUT2D eigenvalue weighted by Gasteiger charge is 2.37. The van der Waals surface area contributed by atoms with E-state index < -0.39 is 24.6 Å². The third kappa shape index (κ3) is 7.38. The molecule has 1 aliphatic heterocycles. The zero-order valence-electron chi connectivity index (χ0n) is 21.2. The van der Waals surface area contributed by atoms with Crippen LogP contribution in [0.25, 0.3) is 10.9 Å². The molecular weight excluding hydrogens is 474 g/mol. The minimum Gasteiger partial charge on any atom is -0.394 e. The number of hydroxylamine groups is 1. The van der Waals surface area contributed by atoms with Crippen LogP contribution in [0.5, 0.6) is 0 Å². The smallest absolute Gasteiger partial charge is 0.243 e. The van der Waals surface area contributed by atoms with Gasteiger partial charge >= 0.3 is 0 Å².